The Bertz CT molecular complexity index is 266. The average molecular weight is 326 g/mol. The van der Waals surface area contributed by atoms with Crippen LogP contribution in [0.15, 0.2) is 0 Å². The van der Waals surface area contributed by atoms with Crippen molar-refractivity contribution in [1.29, 1.82) is 0 Å². The number of unbranched alkanes of at least 4 members (excludes halogenated alkanes) is 16. The molecule has 0 aliphatic heterocycles. The maximum atomic E-state index is 10.6. The van der Waals surface area contributed by atoms with Crippen LogP contribution >= 0.6 is 0 Å². The van der Waals surface area contributed by atoms with Gasteiger partial charge in [0.1, 0.15) is 6.29 Å². The van der Waals surface area contributed by atoms with E-state index in [2.05, 4.69) is 0 Å². The van der Waals surface area contributed by atoms with E-state index in [1.165, 1.54) is 83.5 Å². The number of primary amides is 1. The van der Waals surface area contributed by atoms with Gasteiger partial charge in [-0.25, -0.2) is 0 Å². The highest BCUT2D eigenvalue weighted by Gasteiger charge is 1.96. The van der Waals surface area contributed by atoms with Gasteiger partial charge in [-0.1, -0.05) is 89.9 Å². The van der Waals surface area contributed by atoms with Gasteiger partial charge in [0.15, 0.2) is 0 Å². The van der Waals surface area contributed by atoms with Crippen molar-refractivity contribution in [3.05, 3.63) is 0 Å². The highest BCUT2D eigenvalue weighted by molar-refractivity contribution is 5.73. The van der Waals surface area contributed by atoms with Gasteiger partial charge in [-0.3, -0.25) is 4.79 Å². The summed E-state index contributed by atoms with van der Waals surface area (Å²) >= 11 is 0. The summed E-state index contributed by atoms with van der Waals surface area (Å²) in [6.07, 6.45) is 23.0. The molecule has 0 aromatic rings. The molecule has 0 aromatic heterocycles. The molecule has 0 aliphatic rings. The molecule has 3 nitrogen and oxygen atoms in total. The van der Waals surface area contributed by atoms with Crippen LogP contribution < -0.4 is 5.73 Å². The molecule has 0 bridgehead atoms. The SMILES string of the molecule is NC(=O)CCCCCCCCCCCCCCCCCCC=O. The van der Waals surface area contributed by atoms with Crippen LogP contribution in [0.1, 0.15) is 116 Å². The van der Waals surface area contributed by atoms with Crippen LogP contribution in [0.25, 0.3) is 0 Å². The summed E-state index contributed by atoms with van der Waals surface area (Å²) in [5.41, 5.74) is 5.11. The quantitative estimate of drug-likeness (QED) is 0.245. The van der Waals surface area contributed by atoms with E-state index in [1.807, 2.05) is 0 Å². The first-order valence-electron chi connectivity index (χ1n) is 9.99. The van der Waals surface area contributed by atoms with E-state index in [9.17, 15) is 9.59 Å². The van der Waals surface area contributed by atoms with Crippen LogP contribution in [-0.2, 0) is 9.59 Å². The van der Waals surface area contributed by atoms with E-state index in [4.69, 9.17) is 5.73 Å². The lowest BCUT2D eigenvalue weighted by Crippen LogP contribution is -2.09. The van der Waals surface area contributed by atoms with Gasteiger partial charge in [-0.2, -0.15) is 0 Å². The summed E-state index contributed by atoms with van der Waals surface area (Å²) in [5.74, 6) is -0.164. The number of amides is 1. The van der Waals surface area contributed by atoms with Gasteiger partial charge >= 0.3 is 0 Å². The summed E-state index contributed by atoms with van der Waals surface area (Å²) in [4.78, 5) is 20.8. The molecular weight excluding hydrogens is 286 g/mol. The minimum Gasteiger partial charge on any atom is -0.370 e. The van der Waals surface area contributed by atoms with E-state index in [0.717, 1.165) is 32.0 Å². The van der Waals surface area contributed by atoms with Gasteiger partial charge in [0.25, 0.3) is 0 Å². The Hall–Kier alpha value is -0.860. The lowest BCUT2D eigenvalue weighted by molar-refractivity contribution is -0.118. The van der Waals surface area contributed by atoms with E-state index in [1.54, 1.807) is 0 Å². The average Bonchev–Trinajstić information content (AvgIpc) is 2.53. The zero-order valence-corrected chi connectivity index (χ0v) is 15.2. The van der Waals surface area contributed by atoms with Crippen LogP contribution in [0.3, 0.4) is 0 Å². The second kappa shape index (κ2) is 19.2. The Morgan fingerprint density at radius 2 is 0.870 bits per heavy atom. The third kappa shape index (κ3) is 21.1. The predicted octanol–water partition coefficient (Wildman–Crippen LogP) is 5.69. The van der Waals surface area contributed by atoms with Crippen LogP contribution in [0.5, 0.6) is 0 Å². The monoisotopic (exact) mass is 325 g/mol. The third-order valence-electron chi connectivity index (χ3n) is 4.50. The molecule has 0 aliphatic carbocycles. The molecular formula is C20H39NO2. The normalized spacial score (nSPS) is 10.8. The maximum absolute atomic E-state index is 10.6. The number of aldehydes is 1. The summed E-state index contributed by atoms with van der Waals surface area (Å²) < 4.78 is 0. The van der Waals surface area contributed by atoms with Crippen LogP contribution in [0, 0.1) is 0 Å². The molecule has 0 rings (SSSR count). The van der Waals surface area contributed by atoms with E-state index < -0.39 is 0 Å². The maximum Gasteiger partial charge on any atom is 0.217 e. The van der Waals surface area contributed by atoms with Crippen LogP contribution in [0.2, 0.25) is 0 Å². The Morgan fingerprint density at radius 1 is 0.565 bits per heavy atom. The van der Waals surface area contributed by atoms with Crippen molar-refractivity contribution in [2.75, 3.05) is 0 Å². The molecule has 2 N–H and O–H groups in total. The molecule has 23 heavy (non-hydrogen) atoms. The van der Waals surface area contributed by atoms with Gasteiger partial charge < -0.3 is 10.5 Å². The van der Waals surface area contributed by atoms with E-state index in [-0.39, 0.29) is 5.91 Å². The largest absolute Gasteiger partial charge is 0.370 e. The first-order chi connectivity index (χ1) is 11.3. The molecule has 0 radical (unpaired) electrons. The van der Waals surface area contributed by atoms with Gasteiger partial charge in [-0.15, -0.1) is 0 Å². The lowest BCUT2D eigenvalue weighted by atomic mass is 10.0. The Balaban J connectivity index is 2.97. The Kier molecular flexibility index (Phi) is 18.5. The minimum absolute atomic E-state index is 0.164. The molecule has 0 atom stereocenters. The second-order valence-electron chi connectivity index (χ2n) is 6.83. The molecule has 0 spiro atoms. The minimum atomic E-state index is -0.164. The molecule has 0 heterocycles. The molecule has 3 heteroatoms. The summed E-state index contributed by atoms with van der Waals surface area (Å²) in [6, 6.07) is 0. The molecule has 0 fully saturated rings. The fourth-order valence-corrected chi connectivity index (χ4v) is 3.00. The standard InChI is InChI=1S/C20H39NO2/c21-20(23)18-16-14-12-10-8-6-4-2-1-3-5-7-9-11-13-15-17-19-22/h19H,1-18H2,(H2,21,23). The van der Waals surface area contributed by atoms with Gasteiger partial charge in [-0.05, 0) is 12.8 Å². The van der Waals surface area contributed by atoms with Crippen molar-refractivity contribution in [3.63, 3.8) is 0 Å². The predicted molar refractivity (Wildman–Crippen MR) is 98.4 cm³/mol. The number of rotatable bonds is 19. The first kappa shape index (κ1) is 22.1. The van der Waals surface area contributed by atoms with Crippen molar-refractivity contribution in [2.24, 2.45) is 5.73 Å². The topological polar surface area (TPSA) is 60.2 Å². The smallest absolute Gasteiger partial charge is 0.217 e. The summed E-state index contributed by atoms with van der Waals surface area (Å²) in [5, 5.41) is 0. The molecule has 1 amide bonds. The van der Waals surface area contributed by atoms with Gasteiger partial charge in [0.2, 0.25) is 5.91 Å². The number of nitrogens with two attached hydrogens (primary N) is 1. The Morgan fingerprint density at radius 3 is 1.17 bits per heavy atom. The third-order valence-corrected chi connectivity index (χ3v) is 4.50. The number of carbonyl (C=O) groups is 2. The van der Waals surface area contributed by atoms with Crippen LogP contribution in [-0.4, -0.2) is 12.2 Å². The summed E-state index contributed by atoms with van der Waals surface area (Å²) in [6.45, 7) is 0. The number of hydrogen-bond donors (Lipinski definition) is 1. The fourth-order valence-electron chi connectivity index (χ4n) is 3.00. The van der Waals surface area contributed by atoms with E-state index in [0.29, 0.717) is 6.42 Å². The second-order valence-corrected chi connectivity index (χ2v) is 6.83. The van der Waals surface area contributed by atoms with Crippen molar-refractivity contribution in [1.82, 2.24) is 0 Å². The zero-order chi connectivity index (χ0) is 17.0. The van der Waals surface area contributed by atoms with E-state index >= 15 is 0 Å². The van der Waals surface area contributed by atoms with Crippen molar-refractivity contribution in [3.8, 4) is 0 Å². The van der Waals surface area contributed by atoms with Crippen molar-refractivity contribution < 1.29 is 9.59 Å². The molecule has 136 valence electrons. The van der Waals surface area contributed by atoms with Crippen molar-refractivity contribution >= 4 is 12.2 Å². The molecule has 0 unspecified atom stereocenters. The highest BCUT2D eigenvalue weighted by atomic mass is 16.1. The number of hydrogen-bond acceptors (Lipinski definition) is 2. The first-order valence-corrected chi connectivity index (χ1v) is 9.99. The van der Waals surface area contributed by atoms with Gasteiger partial charge in [0.05, 0.1) is 0 Å². The fraction of sp³-hybridized carbons (Fsp3) is 0.900. The number of carbonyl (C=O) groups excluding carboxylic acids is 2. The zero-order valence-electron chi connectivity index (χ0n) is 15.2. The van der Waals surface area contributed by atoms with Crippen LogP contribution in [0.4, 0.5) is 0 Å². The lowest BCUT2D eigenvalue weighted by Gasteiger charge is -2.03. The Labute approximate surface area is 143 Å². The van der Waals surface area contributed by atoms with Crippen molar-refractivity contribution in [2.45, 2.75) is 116 Å². The highest BCUT2D eigenvalue weighted by Crippen LogP contribution is 2.14. The molecule has 0 saturated heterocycles. The summed E-state index contributed by atoms with van der Waals surface area (Å²) in [7, 11) is 0. The molecule has 0 aromatic carbocycles. The molecule has 0 saturated carbocycles. The van der Waals surface area contributed by atoms with Gasteiger partial charge in [0, 0.05) is 12.8 Å².